The van der Waals surface area contributed by atoms with Gasteiger partial charge < -0.3 is 9.84 Å². The molecular formula is C14H11N3O9S. The molecule has 0 spiro atoms. The minimum atomic E-state index is -1.02. The van der Waals surface area contributed by atoms with Gasteiger partial charge in [-0.3, -0.25) is 39.5 Å². The van der Waals surface area contributed by atoms with Gasteiger partial charge in [0.2, 0.25) is 5.75 Å². The van der Waals surface area contributed by atoms with E-state index in [2.05, 4.69) is 4.74 Å². The van der Waals surface area contributed by atoms with Gasteiger partial charge in [-0.25, -0.2) is 0 Å². The molecule has 142 valence electrons. The summed E-state index contributed by atoms with van der Waals surface area (Å²) in [6, 6.07) is 1.39. The lowest BCUT2D eigenvalue weighted by molar-refractivity contribution is -0.394. The molecule has 0 unspecified atom stereocenters. The summed E-state index contributed by atoms with van der Waals surface area (Å²) in [4.78, 5) is 55.9. The number of non-ortho nitro benzene ring substituents is 1. The monoisotopic (exact) mass is 397 g/mol. The van der Waals surface area contributed by atoms with Crippen molar-refractivity contribution in [2.45, 2.75) is 6.92 Å². The number of benzene rings is 1. The van der Waals surface area contributed by atoms with E-state index >= 15 is 0 Å². The molecule has 1 aromatic carbocycles. The topological polar surface area (TPSA) is 170 Å². The Bertz CT molecular complexity index is 896. The van der Waals surface area contributed by atoms with Crippen molar-refractivity contribution in [1.82, 2.24) is 4.90 Å². The third-order valence-corrected chi connectivity index (χ3v) is 4.17. The maximum Gasteiger partial charge on any atom is 0.326 e. The molecule has 1 aliphatic rings. The van der Waals surface area contributed by atoms with Crippen LogP contribution in [0, 0.1) is 20.2 Å². The summed E-state index contributed by atoms with van der Waals surface area (Å²) >= 11 is 0.414. The Morgan fingerprint density at radius 2 is 1.96 bits per heavy atom. The molecule has 1 aliphatic heterocycles. The molecule has 27 heavy (non-hydrogen) atoms. The Labute approximate surface area is 154 Å². The highest BCUT2D eigenvalue weighted by Gasteiger charge is 2.37. The van der Waals surface area contributed by atoms with Crippen LogP contribution in [0.25, 0.3) is 6.08 Å². The molecule has 12 nitrogen and oxygen atoms in total. The normalized spacial score (nSPS) is 15.3. The zero-order valence-corrected chi connectivity index (χ0v) is 14.4. The Morgan fingerprint density at radius 1 is 1.30 bits per heavy atom. The van der Waals surface area contributed by atoms with E-state index < -0.39 is 56.2 Å². The number of hydrogen-bond acceptors (Lipinski definition) is 10. The summed E-state index contributed by atoms with van der Waals surface area (Å²) in [6.45, 7) is 0.969. The number of phenols is 1. The second kappa shape index (κ2) is 7.82. The van der Waals surface area contributed by atoms with Crippen molar-refractivity contribution in [2.75, 3.05) is 13.2 Å². The maximum atomic E-state index is 12.3. The van der Waals surface area contributed by atoms with Gasteiger partial charge >= 0.3 is 11.7 Å². The molecule has 1 saturated heterocycles. The number of phenolic OH excluding ortho intramolecular Hbond substituents is 1. The van der Waals surface area contributed by atoms with Gasteiger partial charge in [0, 0.05) is 11.6 Å². The van der Waals surface area contributed by atoms with Crippen LogP contribution < -0.4 is 0 Å². The van der Waals surface area contributed by atoms with E-state index in [0.717, 1.165) is 12.1 Å². The van der Waals surface area contributed by atoms with Crippen molar-refractivity contribution in [3.05, 3.63) is 42.8 Å². The predicted molar refractivity (Wildman–Crippen MR) is 90.7 cm³/mol. The number of carbonyl (C=O) groups is 3. The van der Waals surface area contributed by atoms with Gasteiger partial charge in [-0.1, -0.05) is 0 Å². The summed E-state index contributed by atoms with van der Waals surface area (Å²) in [6.07, 6.45) is 0.908. The molecule has 0 atom stereocenters. The quantitative estimate of drug-likeness (QED) is 0.323. The van der Waals surface area contributed by atoms with E-state index in [1.165, 1.54) is 0 Å². The molecule has 0 radical (unpaired) electrons. The number of nitrogens with zero attached hydrogens (tertiary/aromatic N) is 3. The van der Waals surface area contributed by atoms with Crippen molar-refractivity contribution in [3.63, 3.8) is 0 Å². The number of rotatable bonds is 6. The highest BCUT2D eigenvalue weighted by Crippen LogP contribution is 2.38. The van der Waals surface area contributed by atoms with Gasteiger partial charge in [-0.15, -0.1) is 0 Å². The number of ether oxygens (including phenoxy) is 1. The lowest BCUT2D eigenvalue weighted by atomic mass is 10.1. The Kier molecular flexibility index (Phi) is 5.75. The van der Waals surface area contributed by atoms with Crippen LogP contribution in [0.3, 0.4) is 0 Å². The number of nitro groups is 2. The molecule has 1 N–H and O–H groups in total. The van der Waals surface area contributed by atoms with E-state index in [9.17, 15) is 39.7 Å². The van der Waals surface area contributed by atoms with Gasteiger partial charge in [-0.05, 0) is 24.8 Å². The van der Waals surface area contributed by atoms with E-state index in [4.69, 9.17) is 0 Å². The predicted octanol–water partition coefficient (Wildman–Crippen LogP) is 1.81. The molecule has 1 fully saturated rings. The molecule has 13 heteroatoms. The standard InChI is InChI=1S/C14H11N3O9S/c1-2-26-11(18)6-15-13(20)10(27-14(15)21)4-7-3-8(16(22)23)5-9(12(7)19)17(24)25/h3-5,19H,2,6H2,1H3/b10-4-. The number of amides is 2. The molecule has 2 rings (SSSR count). The Balaban J connectivity index is 2.42. The number of imide groups is 1. The van der Waals surface area contributed by atoms with E-state index in [1.54, 1.807) is 6.92 Å². The first-order valence-corrected chi connectivity index (χ1v) is 8.04. The van der Waals surface area contributed by atoms with Crippen molar-refractivity contribution >= 4 is 46.3 Å². The van der Waals surface area contributed by atoms with E-state index in [0.29, 0.717) is 22.7 Å². The van der Waals surface area contributed by atoms with Crippen LogP contribution in [-0.4, -0.2) is 50.1 Å². The van der Waals surface area contributed by atoms with Crippen LogP contribution in [0.2, 0.25) is 0 Å². The number of nitro benzene ring substituents is 2. The summed E-state index contributed by atoms with van der Waals surface area (Å²) in [5, 5.41) is 31.0. The minimum Gasteiger partial charge on any atom is -0.502 e. The van der Waals surface area contributed by atoms with Crippen LogP contribution in [0.5, 0.6) is 5.75 Å². The molecule has 1 heterocycles. The third-order valence-electron chi connectivity index (χ3n) is 3.26. The van der Waals surface area contributed by atoms with Crippen LogP contribution in [-0.2, 0) is 14.3 Å². The average Bonchev–Trinajstić information content (AvgIpc) is 2.84. The largest absolute Gasteiger partial charge is 0.502 e. The Morgan fingerprint density at radius 3 is 2.52 bits per heavy atom. The SMILES string of the molecule is CCOC(=O)CN1C(=O)S/C(=C\c2cc([N+](=O)[O-])cc([N+](=O)[O-])c2O)C1=O. The van der Waals surface area contributed by atoms with Crippen LogP contribution in [0.1, 0.15) is 12.5 Å². The maximum absolute atomic E-state index is 12.3. The number of carbonyl (C=O) groups excluding carboxylic acids is 3. The van der Waals surface area contributed by atoms with Gasteiger partial charge in [0.25, 0.3) is 16.8 Å². The second-order valence-electron chi connectivity index (χ2n) is 4.99. The van der Waals surface area contributed by atoms with Gasteiger partial charge in [0.1, 0.15) is 6.54 Å². The summed E-state index contributed by atoms with van der Waals surface area (Å²) in [5.74, 6) is -2.61. The average molecular weight is 397 g/mol. The lowest BCUT2D eigenvalue weighted by Crippen LogP contribution is -2.34. The van der Waals surface area contributed by atoms with Gasteiger partial charge in [0.15, 0.2) is 0 Å². The molecule has 0 saturated carbocycles. The zero-order valence-electron chi connectivity index (χ0n) is 13.6. The molecular weight excluding hydrogens is 386 g/mol. The van der Waals surface area contributed by atoms with Crippen molar-refractivity contribution in [3.8, 4) is 5.75 Å². The van der Waals surface area contributed by atoms with Crippen LogP contribution in [0.15, 0.2) is 17.0 Å². The number of thioether (sulfide) groups is 1. The van der Waals surface area contributed by atoms with E-state index in [-0.39, 0.29) is 11.5 Å². The summed E-state index contributed by atoms with van der Waals surface area (Å²) in [5.41, 5.74) is -2.00. The van der Waals surface area contributed by atoms with Crippen molar-refractivity contribution in [1.29, 1.82) is 0 Å². The molecule has 2 amide bonds. The van der Waals surface area contributed by atoms with Gasteiger partial charge in [0.05, 0.1) is 27.4 Å². The van der Waals surface area contributed by atoms with Crippen molar-refractivity contribution in [2.24, 2.45) is 0 Å². The number of aromatic hydroxyl groups is 1. The first-order valence-electron chi connectivity index (χ1n) is 7.22. The fraction of sp³-hybridized carbons (Fsp3) is 0.214. The van der Waals surface area contributed by atoms with Crippen LogP contribution in [0.4, 0.5) is 16.2 Å². The lowest BCUT2D eigenvalue weighted by Gasteiger charge is -2.10. The Hall–Kier alpha value is -3.48. The fourth-order valence-corrected chi connectivity index (χ4v) is 2.92. The first-order chi connectivity index (χ1) is 12.6. The van der Waals surface area contributed by atoms with Crippen LogP contribution >= 0.6 is 11.8 Å². The molecule has 0 aromatic heterocycles. The number of esters is 1. The highest BCUT2D eigenvalue weighted by molar-refractivity contribution is 8.18. The smallest absolute Gasteiger partial charge is 0.326 e. The third kappa shape index (κ3) is 4.20. The fourth-order valence-electron chi connectivity index (χ4n) is 2.09. The van der Waals surface area contributed by atoms with E-state index in [1.807, 2.05) is 0 Å². The minimum absolute atomic E-state index is 0.0517. The van der Waals surface area contributed by atoms with Gasteiger partial charge in [-0.2, -0.15) is 0 Å². The first kappa shape index (κ1) is 19.8. The molecule has 0 aliphatic carbocycles. The second-order valence-corrected chi connectivity index (χ2v) is 5.98. The molecule has 0 bridgehead atoms. The number of hydrogen-bond donors (Lipinski definition) is 1. The van der Waals surface area contributed by atoms with Crippen molar-refractivity contribution < 1.29 is 34.1 Å². The summed E-state index contributed by atoms with van der Waals surface area (Å²) in [7, 11) is 0. The highest BCUT2D eigenvalue weighted by atomic mass is 32.2. The summed E-state index contributed by atoms with van der Waals surface area (Å²) < 4.78 is 4.65. The molecule has 1 aromatic rings. The zero-order chi connectivity index (χ0) is 20.3.